The number of aromatic nitrogens is 3. The standard InChI is InChI=1S/C22H23FN4OS/c1-15(17-7-8-17)24-20(28)14-29-22-26-25-21(18-9-11-19(23)12-10-18)27(22)13-16-5-3-2-4-6-16/h2-6,9-12,15,17H,7-8,13-14H2,1H3,(H,24,28)/t15-/m0/s1. The van der Waals surface area contributed by atoms with Crippen molar-refractivity contribution in [2.75, 3.05) is 5.75 Å². The van der Waals surface area contributed by atoms with Gasteiger partial charge in [-0.05, 0) is 55.5 Å². The minimum absolute atomic E-state index is 0.00648. The van der Waals surface area contributed by atoms with E-state index in [0.29, 0.717) is 23.4 Å². The van der Waals surface area contributed by atoms with Gasteiger partial charge in [-0.1, -0.05) is 42.1 Å². The van der Waals surface area contributed by atoms with Gasteiger partial charge in [-0.2, -0.15) is 0 Å². The summed E-state index contributed by atoms with van der Waals surface area (Å²) in [4.78, 5) is 12.3. The Labute approximate surface area is 173 Å². The molecule has 7 heteroatoms. The average molecular weight is 411 g/mol. The van der Waals surface area contributed by atoms with Gasteiger partial charge in [0.05, 0.1) is 12.3 Å². The summed E-state index contributed by atoms with van der Waals surface area (Å²) in [7, 11) is 0. The lowest BCUT2D eigenvalue weighted by Gasteiger charge is -2.13. The number of hydrogen-bond acceptors (Lipinski definition) is 4. The highest BCUT2D eigenvalue weighted by Crippen LogP contribution is 2.32. The Bertz CT molecular complexity index is 970. The third-order valence-corrected chi connectivity index (χ3v) is 6.02. The lowest BCUT2D eigenvalue weighted by atomic mass is 10.2. The normalized spacial score (nSPS) is 14.6. The summed E-state index contributed by atoms with van der Waals surface area (Å²) in [5.74, 6) is 1.28. The lowest BCUT2D eigenvalue weighted by Crippen LogP contribution is -2.35. The van der Waals surface area contributed by atoms with Crippen LogP contribution in [0.4, 0.5) is 4.39 Å². The van der Waals surface area contributed by atoms with Crippen molar-refractivity contribution in [2.24, 2.45) is 5.92 Å². The minimum atomic E-state index is -0.293. The van der Waals surface area contributed by atoms with Crippen molar-refractivity contribution in [1.29, 1.82) is 0 Å². The van der Waals surface area contributed by atoms with Crippen LogP contribution in [0, 0.1) is 11.7 Å². The summed E-state index contributed by atoms with van der Waals surface area (Å²) in [5, 5.41) is 12.4. The van der Waals surface area contributed by atoms with Crippen molar-refractivity contribution >= 4 is 17.7 Å². The van der Waals surface area contributed by atoms with Crippen molar-refractivity contribution in [3.63, 3.8) is 0 Å². The molecule has 1 saturated carbocycles. The molecular weight excluding hydrogens is 387 g/mol. The van der Waals surface area contributed by atoms with Gasteiger partial charge < -0.3 is 5.32 Å². The van der Waals surface area contributed by atoms with E-state index in [1.54, 1.807) is 12.1 Å². The van der Waals surface area contributed by atoms with E-state index in [4.69, 9.17) is 0 Å². The molecule has 150 valence electrons. The maximum atomic E-state index is 13.3. The highest BCUT2D eigenvalue weighted by atomic mass is 32.2. The van der Waals surface area contributed by atoms with E-state index in [1.807, 2.05) is 34.9 Å². The van der Waals surface area contributed by atoms with Crippen LogP contribution in [0.25, 0.3) is 11.4 Å². The topological polar surface area (TPSA) is 59.8 Å². The molecule has 1 N–H and O–H groups in total. The molecular formula is C22H23FN4OS. The second-order valence-electron chi connectivity index (χ2n) is 7.37. The quantitative estimate of drug-likeness (QED) is 0.567. The minimum Gasteiger partial charge on any atom is -0.353 e. The number of nitrogens with one attached hydrogen (secondary N) is 1. The van der Waals surface area contributed by atoms with E-state index in [2.05, 4.69) is 22.4 Å². The number of thioether (sulfide) groups is 1. The maximum Gasteiger partial charge on any atom is 0.230 e. The first kappa shape index (κ1) is 19.6. The number of amides is 1. The summed E-state index contributed by atoms with van der Waals surface area (Å²) >= 11 is 1.37. The van der Waals surface area contributed by atoms with Gasteiger partial charge >= 0.3 is 0 Å². The Hall–Kier alpha value is -2.67. The molecule has 0 spiro atoms. The monoisotopic (exact) mass is 410 g/mol. The fourth-order valence-corrected chi connectivity index (χ4v) is 4.01. The Morgan fingerprint density at radius 2 is 1.90 bits per heavy atom. The van der Waals surface area contributed by atoms with Crippen LogP contribution >= 0.6 is 11.8 Å². The molecule has 3 aromatic rings. The van der Waals surface area contributed by atoms with E-state index in [0.717, 1.165) is 11.1 Å². The van der Waals surface area contributed by atoms with Crippen LogP contribution in [0.3, 0.4) is 0 Å². The molecule has 1 aromatic heterocycles. The fraction of sp³-hybridized carbons (Fsp3) is 0.318. The largest absolute Gasteiger partial charge is 0.353 e. The van der Waals surface area contributed by atoms with Gasteiger partial charge in [-0.3, -0.25) is 9.36 Å². The molecule has 5 nitrogen and oxygen atoms in total. The highest BCUT2D eigenvalue weighted by Gasteiger charge is 2.29. The van der Waals surface area contributed by atoms with Crippen molar-refractivity contribution in [1.82, 2.24) is 20.1 Å². The highest BCUT2D eigenvalue weighted by molar-refractivity contribution is 7.99. The van der Waals surface area contributed by atoms with Crippen molar-refractivity contribution in [3.05, 3.63) is 66.0 Å². The van der Waals surface area contributed by atoms with Crippen LogP contribution in [0.2, 0.25) is 0 Å². The van der Waals surface area contributed by atoms with Crippen LogP contribution < -0.4 is 5.32 Å². The molecule has 1 heterocycles. The number of rotatable bonds is 8. The zero-order chi connectivity index (χ0) is 20.2. The second kappa shape index (κ2) is 8.78. The van der Waals surface area contributed by atoms with Crippen molar-refractivity contribution in [2.45, 2.75) is 37.5 Å². The Kier molecular flexibility index (Phi) is 5.94. The third kappa shape index (κ3) is 5.03. The average Bonchev–Trinajstić information content (AvgIpc) is 3.51. The van der Waals surface area contributed by atoms with Crippen LogP contribution in [0.15, 0.2) is 59.8 Å². The zero-order valence-electron chi connectivity index (χ0n) is 16.2. The van der Waals surface area contributed by atoms with Gasteiger partial charge in [0, 0.05) is 11.6 Å². The smallest absolute Gasteiger partial charge is 0.230 e. The molecule has 2 aromatic carbocycles. The van der Waals surface area contributed by atoms with Gasteiger partial charge in [0.2, 0.25) is 5.91 Å². The van der Waals surface area contributed by atoms with Gasteiger partial charge in [-0.25, -0.2) is 4.39 Å². The summed E-state index contributed by atoms with van der Waals surface area (Å²) in [6.07, 6.45) is 2.39. The first-order valence-electron chi connectivity index (χ1n) is 9.75. The van der Waals surface area contributed by atoms with E-state index < -0.39 is 0 Å². The van der Waals surface area contributed by atoms with Crippen LogP contribution in [-0.2, 0) is 11.3 Å². The summed E-state index contributed by atoms with van der Waals surface area (Å²) in [6, 6.07) is 16.4. The number of nitrogens with zero attached hydrogens (tertiary/aromatic N) is 3. The van der Waals surface area contributed by atoms with Gasteiger partial charge in [0.25, 0.3) is 0 Å². The Morgan fingerprint density at radius 1 is 1.17 bits per heavy atom. The van der Waals surface area contributed by atoms with Crippen LogP contribution in [-0.4, -0.2) is 32.5 Å². The number of hydrogen-bond donors (Lipinski definition) is 1. The molecule has 1 aliphatic carbocycles. The Morgan fingerprint density at radius 3 is 2.59 bits per heavy atom. The third-order valence-electron chi connectivity index (χ3n) is 5.05. The predicted octanol–water partition coefficient (Wildman–Crippen LogP) is 4.14. The summed E-state index contributed by atoms with van der Waals surface area (Å²) in [5.41, 5.74) is 1.89. The molecule has 1 atom stereocenters. The number of halogens is 1. The number of carbonyl (C=O) groups is 1. The molecule has 0 bridgehead atoms. The predicted molar refractivity (Wildman–Crippen MR) is 112 cm³/mol. The first-order valence-corrected chi connectivity index (χ1v) is 10.7. The maximum absolute atomic E-state index is 13.3. The molecule has 0 unspecified atom stereocenters. The number of carbonyl (C=O) groups excluding carboxylic acids is 1. The Balaban J connectivity index is 1.54. The summed E-state index contributed by atoms with van der Waals surface area (Å²) < 4.78 is 15.3. The van der Waals surface area contributed by atoms with Gasteiger partial charge in [0.1, 0.15) is 5.82 Å². The molecule has 0 saturated heterocycles. The fourth-order valence-electron chi connectivity index (χ4n) is 3.26. The summed E-state index contributed by atoms with van der Waals surface area (Å²) in [6.45, 7) is 2.63. The SMILES string of the molecule is C[C@H](NC(=O)CSc1nnc(-c2ccc(F)cc2)n1Cc1ccccc1)C1CC1. The molecule has 1 fully saturated rings. The molecule has 0 radical (unpaired) electrons. The zero-order valence-corrected chi connectivity index (χ0v) is 17.0. The van der Waals surface area contributed by atoms with E-state index in [1.165, 1.54) is 36.7 Å². The molecule has 4 rings (SSSR count). The second-order valence-corrected chi connectivity index (χ2v) is 8.31. The van der Waals surface area contributed by atoms with Crippen LogP contribution in [0.1, 0.15) is 25.3 Å². The van der Waals surface area contributed by atoms with Crippen molar-refractivity contribution < 1.29 is 9.18 Å². The van der Waals surface area contributed by atoms with Crippen LogP contribution in [0.5, 0.6) is 0 Å². The lowest BCUT2D eigenvalue weighted by molar-refractivity contribution is -0.119. The van der Waals surface area contributed by atoms with E-state index in [-0.39, 0.29) is 23.5 Å². The molecule has 0 aliphatic heterocycles. The molecule has 1 amide bonds. The van der Waals surface area contributed by atoms with E-state index >= 15 is 0 Å². The van der Waals surface area contributed by atoms with Gasteiger partial charge in [0.15, 0.2) is 11.0 Å². The van der Waals surface area contributed by atoms with Crippen molar-refractivity contribution in [3.8, 4) is 11.4 Å². The molecule has 29 heavy (non-hydrogen) atoms. The van der Waals surface area contributed by atoms with Gasteiger partial charge in [-0.15, -0.1) is 10.2 Å². The van der Waals surface area contributed by atoms with E-state index in [9.17, 15) is 9.18 Å². The first-order chi connectivity index (χ1) is 14.1. The number of benzene rings is 2. The molecule has 1 aliphatic rings.